The third-order valence-corrected chi connectivity index (χ3v) is 8.17. The van der Waals surface area contributed by atoms with E-state index in [1.54, 1.807) is 47.3 Å². The van der Waals surface area contributed by atoms with Gasteiger partial charge in [0.1, 0.15) is 11.9 Å². The van der Waals surface area contributed by atoms with Crippen LogP contribution in [-0.4, -0.2) is 47.3 Å². The number of rotatable bonds is 7. The van der Waals surface area contributed by atoms with Gasteiger partial charge in [-0.1, -0.05) is 32.0 Å². The molecular weight excluding hydrogens is 478 g/mol. The van der Waals surface area contributed by atoms with Crippen molar-refractivity contribution < 1.29 is 17.9 Å². The first-order chi connectivity index (χ1) is 17.0. The Balaban J connectivity index is 1.50. The van der Waals surface area contributed by atoms with E-state index >= 15 is 0 Å². The van der Waals surface area contributed by atoms with Crippen LogP contribution in [0.15, 0.2) is 59.6 Å². The maximum absolute atomic E-state index is 13.3. The Morgan fingerprint density at radius 1 is 1.11 bits per heavy atom. The lowest BCUT2D eigenvalue weighted by Gasteiger charge is -2.34. The molecule has 9 nitrogen and oxygen atoms in total. The van der Waals surface area contributed by atoms with Gasteiger partial charge in [0.05, 0.1) is 10.5 Å². The molecule has 1 aromatic carbocycles. The van der Waals surface area contributed by atoms with Gasteiger partial charge >= 0.3 is 0 Å². The minimum absolute atomic E-state index is 0.0219. The molecule has 3 heterocycles. The summed E-state index contributed by atoms with van der Waals surface area (Å²) >= 11 is 0. The summed E-state index contributed by atoms with van der Waals surface area (Å²) in [5.41, 5.74) is -0.0744. The van der Waals surface area contributed by atoms with Crippen LogP contribution in [0.4, 0.5) is 5.82 Å². The molecule has 10 heteroatoms. The van der Waals surface area contributed by atoms with Crippen molar-refractivity contribution in [3.8, 4) is 11.7 Å². The van der Waals surface area contributed by atoms with Crippen LogP contribution >= 0.6 is 0 Å². The van der Waals surface area contributed by atoms with Gasteiger partial charge in [-0.15, -0.1) is 5.10 Å². The van der Waals surface area contributed by atoms with Gasteiger partial charge in [-0.25, -0.2) is 22.8 Å². The van der Waals surface area contributed by atoms with Crippen LogP contribution in [0.25, 0.3) is 5.82 Å². The monoisotopic (exact) mass is 509 g/mol. The van der Waals surface area contributed by atoms with Crippen LogP contribution in [0.5, 0.6) is 5.88 Å². The van der Waals surface area contributed by atoms with E-state index in [1.807, 2.05) is 0 Å². The van der Waals surface area contributed by atoms with E-state index in [2.05, 4.69) is 42.4 Å². The number of amides is 1. The molecule has 3 aromatic rings. The highest BCUT2D eigenvalue weighted by Crippen LogP contribution is 2.38. The van der Waals surface area contributed by atoms with Gasteiger partial charge in [-0.2, -0.15) is 0 Å². The number of hydrogen-bond acceptors (Lipinski definition) is 7. The summed E-state index contributed by atoms with van der Waals surface area (Å²) in [6, 6.07) is 12.9. The van der Waals surface area contributed by atoms with Gasteiger partial charge in [0.2, 0.25) is 5.88 Å². The number of anilines is 1. The zero-order valence-corrected chi connectivity index (χ0v) is 21.7. The summed E-state index contributed by atoms with van der Waals surface area (Å²) < 4.78 is 35.4. The number of nitrogens with one attached hydrogen (secondary N) is 1. The number of sulfonamides is 1. The largest absolute Gasteiger partial charge is 0.473 e. The molecule has 0 unspecified atom stereocenters. The van der Waals surface area contributed by atoms with Gasteiger partial charge in [-0.3, -0.25) is 4.79 Å². The average molecular weight is 510 g/mol. The molecule has 1 aliphatic carbocycles. The van der Waals surface area contributed by atoms with Crippen LogP contribution < -0.4 is 14.4 Å². The number of pyridine rings is 1. The Bertz CT molecular complexity index is 1390. The normalized spacial score (nSPS) is 22.9. The predicted molar refractivity (Wildman–Crippen MR) is 136 cm³/mol. The molecule has 3 atom stereocenters. The van der Waals surface area contributed by atoms with Crippen LogP contribution in [-0.2, 0) is 10.0 Å². The minimum atomic E-state index is -4.04. The van der Waals surface area contributed by atoms with Crippen LogP contribution in [0.1, 0.15) is 50.9 Å². The standard InChI is InChI=1S/C26H31N5O4S/c1-17-15-26(3,4)30(16-17)24-20(25(32)29-36(33,34)19-8-6-5-7-9-19)10-11-22(27-24)31-13-12-23(28-31)35-21-14-18(21)2/h5-13,17-18,21H,14-16H2,1-4H3,(H,29,32)/t17-,18+,21-/m0/s1. The second kappa shape index (κ2) is 8.92. The van der Waals surface area contributed by atoms with Crippen molar-refractivity contribution >= 4 is 21.7 Å². The SMILES string of the molecule is C[C@@H]1CN(c2nc(-n3ccc(O[C@H]4C[C@H]4C)n3)ccc2C(=O)NS(=O)(=O)c2ccccc2)C(C)(C)C1. The molecule has 2 aromatic heterocycles. The van der Waals surface area contributed by atoms with E-state index in [-0.39, 0.29) is 22.1 Å². The minimum Gasteiger partial charge on any atom is -0.473 e. The number of hydrogen-bond donors (Lipinski definition) is 1. The molecule has 0 spiro atoms. The Morgan fingerprint density at radius 3 is 2.47 bits per heavy atom. The van der Waals surface area contributed by atoms with Gasteiger partial charge in [0, 0.05) is 24.3 Å². The molecule has 2 aliphatic rings. The van der Waals surface area contributed by atoms with Crippen LogP contribution in [0.2, 0.25) is 0 Å². The number of nitrogens with zero attached hydrogens (tertiary/aromatic N) is 4. The van der Waals surface area contributed by atoms with Crippen molar-refractivity contribution in [2.45, 2.75) is 57.1 Å². The van der Waals surface area contributed by atoms with Gasteiger partial charge in [0.25, 0.3) is 15.9 Å². The molecule has 36 heavy (non-hydrogen) atoms. The van der Waals surface area contributed by atoms with E-state index in [1.165, 1.54) is 12.1 Å². The zero-order chi connectivity index (χ0) is 25.7. The van der Waals surface area contributed by atoms with Crippen LogP contribution in [0, 0.1) is 11.8 Å². The average Bonchev–Trinajstić information content (AvgIpc) is 3.20. The fourth-order valence-electron chi connectivity index (χ4n) is 4.85. The number of carbonyl (C=O) groups is 1. The molecule has 1 saturated carbocycles. The van der Waals surface area contributed by atoms with Crippen molar-refractivity contribution in [3.05, 3.63) is 60.3 Å². The topological polar surface area (TPSA) is 106 Å². The first kappa shape index (κ1) is 24.3. The van der Waals surface area contributed by atoms with E-state index in [4.69, 9.17) is 9.72 Å². The first-order valence-electron chi connectivity index (χ1n) is 12.2. The van der Waals surface area contributed by atoms with E-state index in [0.29, 0.717) is 35.9 Å². The van der Waals surface area contributed by atoms with Crippen LogP contribution in [0.3, 0.4) is 0 Å². The van der Waals surface area contributed by atoms with E-state index in [9.17, 15) is 13.2 Å². The highest BCUT2D eigenvalue weighted by atomic mass is 32.2. The van der Waals surface area contributed by atoms with Crippen molar-refractivity contribution in [1.82, 2.24) is 19.5 Å². The Morgan fingerprint density at radius 2 is 1.83 bits per heavy atom. The predicted octanol–water partition coefficient (Wildman–Crippen LogP) is 3.80. The molecular formula is C26H31N5O4S. The third kappa shape index (κ3) is 4.82. The van der Waals surface area contributed by atoms with Gasteiger partial charge < -0.3 is 9.64 Å². The lowest BCUT2D eigenvalue weighted by atomic mass is 9.97. The number of carbonyl (C=O) groups excluding carboxylic acids is 1. The Labute approximate surface area is 211 Å². The molecule has 1 N–H and O–H groups in total. The maximum atomic E-state index is 13.3. The molecule has 0 radical (unpaired) electrons. The number of aromatic nitrogens is 3. The molecule has 190 valence electrons. The third-order valence-electron chi connectivity index (χ3n) is 6.82. The zero-order valence-electron chi connectivity index (χ0n) is 20.9. The smallest absolute Gasteiger partial charge is 0.268 e. The fourth-order valence-corrected chi connectivity index (χ4v) is 5.84. The fraction of sp³-hybridized carbons (Fsp3) is 0.423. The van der Waals surface area contributed by atoms with Crippen molar-refractivity contribution in [1.29, 1.82) is 0 Å². The Hall–Kier alpha value is -3.40. The van der Waals surface area contributed by atoms with E-state index in [0.717, 1.165) is 12.8 Å². The van der Waals surface area contributed by atoms with Crippen molar-refractivity contribution in [2.24, 2.45) is 11.8 Å². The van der Waals surface area contributed by atoms with E-state index < -0.39 is 15.9 Å². The van der Waals surface area contributed by atoms with Gasteiger partial charge in [0.15, 0.2) is 5.82 Å². The summed E-state index contributed by atoms with van der Waals surface area (Å²) in [4.78, 5) is 20.2. The summed E-state index contributed by atoms with van der Waals surface area (Å²) in [7, 11) is -4.04. The highest BCUT2D eigenvalue weighted by molar-refractivity contribution is 7.90. The summed E-state index contributed by atoms with van der Waals surface area (Å²) in [5, 5.41) is 4.50. The molecule has 0 bridgehead atoms. The Kier molecular flexibility index (Phi) is 6.02. The van der Waals surface area contributed by atoms with Crippen molar-refractivity contribution in [2.75, 3.05) is 11.4 Å². The van der Waals surface area contributed by atoms with Crippen molar-refractivity contribution in [3.63, 3.8) is 0 Å². The quantitative estimate of drug-likeness (QED) is 0.516. The molecule has 5 rings (SSSR count). The van der Waals surface area contributed by atoms with Gasteiger partial charge in [-0.05, 0) is 62.8 Å². The molecule has 2 fully saturated rings. The molecule has 1 amide bonds. The second-order valence-electron chi connectivity index (χ2n) is 10.5. The highest BCUT2D eigenvalue weighted by Gasteiger charge is 2.39. The first-order valence-corrected chi connectivity index (χ1v) is 13.7. The second-order valence-corrected chi connectivity index (χ2v) is 12.2. The lowest BCUT2D eigenvalue weighted by molar-refractivity contribution is 0.0981. The maximum Gasteiger partial charge on any atom is 0.268 e. The summed E-state index contributed by atoms with van der Waals surface area (Å²) in [5.74, 6) is 1.66. The summed E-state index contributed by atoms with van der Waals surface area (Å²) in [6.07, 6.45) is 3.90. The summed E-state index contributed by atoms with van der Waals surface area (Å²) in [6.45, 7) is 9.19. The number of ether oxygens (including phenoxy) is 1. The number of benzene rings is 1. The molecule has 1 saturated heterocycles. The molecule has 1 aliphatic heterocycles. The lowest BCUT2D eigenvalue weighted by Crippen LogP contribution is -2.41.